The Balaban J connectivity index is 0.848. The Labute approximate surface area is 342 Å². The van der Waals surface area contributed by atoms with E-state index in [9.17, 15) is 14.7 Å². The number of piperidine rings is 1. The molecule has 1 amide bonds. The van der Waals surface area contributed by atoms with Crippen LogP contribution in [0.3, 0.4) is 0 Å². The van der Waals surface area contributed by atoms with E-state index in [0.717, 1.165) is 85.9 Å². The average molecular weight is 867 g/mol. The van der Waals surface area contributed by atoms with Gasteiger partial charge in [0.05, 0.1) is 17.8 Å². The van der Waals surface area contributed by atoms with Gasteiger partial charge in [-0.15, -0.1) is 0 Å². The van der Waals surface area contributed by atoms with E-state index in [1.54, 1.807) is 11.1 Å². The number of hydrogen-bond acceptors (Lipinski definition) is 7. The second kappa shape index (κ2) is 17.3. The minimum Gasteiger partial charge on any atom is -0.393 e. The molecule has 4 fully saturated rings. The van der Waals surface area contributed by atoms with Crippen LogP contribution >= 0.6 is 22.6 Å². The maximum Gasteiger partial charge on any atom is 0.220 e. The van der Waals surface area contributed by atoms with Crippen molar-refractivity contribution < 1.29 is 19.4 Å². The average Bonchev–Trinajstić information content (AvgIpc) is 3.68. The molecule has 0 aromatic heterocycles. The summed E-state index contributed by atoms with van der Waals surface area (Å²) in [5.41, 5.74) is 13.6. The van der Waals surface area contributed by atoms with Crippen LogP contribution in [0.25, 0.3) is 0 Å². The third-order valence-corrected chi connectivity index (χ3v) is 16.1. The molecule has 9 nitrogen and oxygen atoms in total. The van der Waals surface area contributed by atoms with Gasteiger partial charge in [0.2, 0.25) is 10.8 Å². The fourth-order valence-corrected chi connectivity index (χ4v) is 13.1. The van der Waals surface area contributed by atoms with Gasteiger partial charge in [-0.1, -0.05) is 50.5 Å². The molecule has 1 aromatic rings. The predicted molar refractivity (Wildman–Crippen MR) is 224 cm³/mol. The summed E-state index contributed by atoms with van der Waals surface area (Å²) in [5, 5.41) is 17.3. The number of Topliss-reactive ketones (excluding diaryl/α,β-unsaturated/α-hetero) is 1. The zero-order valence-electron chi connectivity index (χ0n) is 33.8. The van der Waals surface area contributed by atoms with Gasteiger partial charge in [0.15, 0.2) is 10.8 Å². The molecule has 300 valence electrons. The number of likely N-dealkylation sites (tertiary alicyclic amines) is 1. The molecule has 10 heteroatoms. The zero-order valence-corrected chi connectivity index (χ0v) is 35.9. The molecule has 1 aromatic carbocycles. The van der Waals surface area contributed by atoms with Gasteiger partial charge < -0.3 is 15.2 Å². The van der Waals surface area contributed by atoms with E-state index in [0.29, 0.717) is 73.4 Å². The summed E-state index contributed by atoms with van der Waals surface area (Å²) < 4.78 is 8.27. The number of allylic oxidation sites excluding steroid dienone is 2. The number of carbonyl (C=O) groups excluding carboxylic acids is 2. The summed E-state index contributed by atoms with van der Waals surface area (Å²) in [5.74, 6) is 3.57. The fourth-order valence-electron chi connectivity index (χ4n) is 12.4. The molecule has 1 spiro atoms. The van der Waals surface area contributed by atoms with Gasteiger partial charge in [0, 0.05) is 47.9 Å². The standard InChI is InChI=1S/C45H64IN5O4/c1-28-23-41-43(30(3)45(55-41)20-18-35-36-14-13-32-25-34(53)17-19-44(32,4)38(36)26-37(35)29(45)2)51(27-28)22-8-10-33(52)9-6-5-7-21-48-42(54)16-12-31-11-15-40(49-50-47)39(46)24-31/h11,13,15,24,28,30,34-36,38,41,43,47,53H,5-10,12,14,16-23,25-27H2,1-4H3/p+1/t28-,30+,34-,35-,36-,38-,41+,43-,44-,45-/m0/s1. The largest absolute Gasteiger partial charge is 0.393 e. The normalized spacial score (nSPS) is 35.3. The first-order valence-electron chi connectivity index (χ1n) is 21.6. The van der Waals surface area contributed by atoms with Crippen LogP contribution in [0.5, 0.6) is 0 Å². The van der Waals surface area contributed by atoms with Crippen molar-refractivity contribution in [1.82, 2.24) is 15.1 Å². The van der Waals surface area contributed by atoms with Crippen LogP contribution in [0.4, 0.5) is 5.69 Å². The molecule has 55 heavy (non-hydrogen) atoms. The number of halogens is 1. The number of ketones is 1. The summed E-state index contributed by atoms with van der Waals surface area (Å²) in [6.45, 7) is 12.5. The Morgan fingerprint density at radius 1 is 1.11 bits per heavy atom. The van der Waals surface area contributed by atoms with Crippen molar-refractivity contribution in [3.8, 4) is 0 Å². The maximum atomic E-state index is 13.0. The lowest BCUT2D eigenvalue weighted by atomic mass is 9.56. The van der Waals surface area contributed by atoms with Crippen LogP contribution in [0, 0.1) is 44.1 Å². The Kier molecular flexibility index (Phi) is 12.9. The van der Waals surface area contributed by atoms with Crippen LogP contribution in [-0.4, -0.2) is 65.2 Å². The second-order valence-electron chi connectivity index (χ2n) is 18.5. The Morgan fingerprint density at radius 3 is 2.73 bits per heavy atom. The molecule has 2 heterocycles. The van der Waals surface area contributed by atoms with Gasteiger partial charge >= 0.3 is 0 Å². The van der Waals surface area contributed by atoms with E-state index < -0.39 is 0 Å². The molecule has 2 aliphatic heterocycles. The third kappa shape index (κ3) is 8.37. The van der Waals surface area contributed by atoms with Crippen molar-refractivity contribution in [2.75, 3.05) is 19.6 Å². The molecule has 4 aliphatic carbocycles. The van der Waals surface area contributed by atoms with E-state index in [1.807, 2.05) is 18.2 Å². The maximum absolute atomic E-state index is 13.0. The molecule has 2 saturated carbocycles. The Morgan fingerprint density at radius 2 is 1.93 bits per heavy atom. The molecular weight excluding hydrogens is 801 g/mol. The Bertz CT molecular complexity index is 1720. The van der Waals surface area contributed by atoms with E-state index in [2.05, 4.69) is 76.6 Å². The fraction of sp³-hybridized carbons (Fsp3) is 0.733. The third-order valence-electron chi connectivity index (χ3n) is 15.3. The first kappa shape index (κ1) is 40.9. The number of hydrogen-bond donors (Lipinski definition) is 3. The van der Waals surface area contributed by atoms with Crippen molar-refractivity contribution in [2.24, 2.45) is 40.1 Å². The summed E-state index contributed by atoms with van der Waals surface area (Å²) in [6.07, 6.45) is 17.5. The minimum atomic E-state index is -0.159. The van der Waals surface area contributed by atoms with Crippen LogP contribution in [0.1, 0.15) is 130 Å². The van der Waals surface area contributed by atoms with Gasteiger partial charge in [-0.3, -0.25) is 14.5 Å². The van der Waals surface area contributed by atoms with Gasteiger partial charge in [0.25, 0.3) is 0 Å². The Hall–Kier alpha value is -2.24. The number of benzene rings is 1. The van der Waals surface area contributed by atoms with Gasteiger partial charge in [-0.25, -0.2) is 0 Å². The smallest absolute Gasteiger partial charge is 0.220 e. The SMILES string of the molecule is CC1=C2C[C@H]3[C@@H](CC=C4C[C@@H](O)CC[C@@]43C)[C@@H]2CC[C@]12O[C@@H]1C[C@H](C)CN(CCCC(=O)CCCCCNC(=O)CCc3ccc(N=[N+]=N)c(I)c3)[C@H]1[C@H]2C. The van der Waals surface area contributed by atoms with Crippen LogP contribution in [0.15, 0.2) is 46.1 Å². The number of aliphatic hydroxyl groups is 1. The van der Waals surface area contributed by atoms with Crippen LogP contribution in [0.2, 0.25) is 0 Å². The lowest BCUT2D eigenvalue weighted by Gasteiger charge is -2.49. The highest BCUT2D eigenvalue weighted by atomic mass is 127. The number of carbonyl (C=O) groups is 2. The molecular formula is C45H65IN5O4+. The van der Waals surface area contributed by atoms with Crippen molar-refractivity contribution in [1.29, 1.82) is 5.53 Å². The number of aryl methyl sites for hydroxylation is 1. The van der Waals surface area contributed by atoms with Crippen molar-refractivity contribution in [3.05, 3.63) is 50.1 Å². The zero-order chi connectivity index (χ0) is 38.9. The molecule has 0 bridgehead atoms. The molecule has 10 atom stereocenters. The van der Waals surface area contributed by atoms with E-state index >= 15 is 0 Å². The van der Waals surface area contributed by atoms with Crippen molar-refractivity contribution in [3.63, 3.8) is 0 Å². The highest BCUT2D eigenvalue weighted by Crippen LogP contribution is 2.65. The number of aliphatic hydroxyl groups excluding tert-OH is 1. The summed E-state index contributed by atoms with van der Waals surface area (Å²) in [4.78, 5) is 31.1. The number of nitrogens with one attached hydrogen (secondary N) is 2. The monoisotopic (exact) mass is 866 g/mol. The number of unbranched alkanes of at least 4 members (excludes halogenated alkanes) is 2. The molecule has 7 rings (SSSR count). The number of rotatable bonds is 14. The highest BCUT2D eigenvalue weighted by molar-refractivity contribution is 14.1. The minimum absolute atomic E-state index is 0.0471. The van der Waals surface area contributed by atoms with Crippen LogP contribution < -0.4 is 10.2 Å². The summed E-state index contributed by atoms with van der Waals surface area (Å²) in [7, 11) is 0. The number of amides is 1. The van der Waals surface area contributed by atoms with Gasteiger partial charge in [-0.2, -0.15) is 0 Å². The first-order valence-corrected chi connectivity index (χ1v) is 22.6. The summed E-state index contributed by atoms with van der Waals surface area (Å²) in [6, 6.07) is 6.16. The van der Waals surface area contributed by atoms with Crippen molar-refractivity contribution >= 4 is 40.0 Å². The van der Waals surface area contributed by atoms with E-state index in [1.165, 1.54) is 24.8 Å². The van der Waals surface area contributed by atoms with E-state index in [4.69, 9.17) is 10.3 Å². The lowest BCUT2D eigenvalue weighted by Crippen LogP contribution is -2.52. The van der Waals surface area contributed by atoms with E-state index in [-0.39, 0.29) is 29.1 Å². The van der Waals surface area contributed by atoms with Crippen LogP contribution in [-0.2, 0) is 20.7 Å². The predicted octanol–water partition coefficient (Wildman–Crippen LogP) is 9.16. The topological polar surface area (TPSA) is 129 Å². The number of ether oxygens (including phenoxy) is 1. The molecule has 2 saturated heterocycles. The molecule has 6 aliphatic rings. The lowest BCUT2D eigenvalue weighted by molar-refractivity contribution is -0.121. The highest BCUT2D eigenvalue weighted by Gasteiger charge is 2.61. The van der Waals surface area contributed by atoms with Gasteiger partial charge in [0.1, 0.15) is 11.3 Å². The number of fused-ring (bicyclic) bond motifs is 6. The van der Waals surface area contributed by atoms with Crippen molar-refractivity contribution in [2.45, 2.75) is 154 Å². The molecule has 0 unspecified atom stereocenters. The van der Waals surface area contributed by atoms with Gasteiger partial charge in [-0.05, 0) is 165 Å². The number of nitrogens with zero attached hydrogens (tertiary/aromatic N) is 3. The molecule has 3 N–H and O–H groups in total. The first-order chi connectivity index (χ1) is 26.4. The quantitative estimate of drug-likeness (QED) is 0.0565. The second-order valence-corrected chi connectivity index (χ2v) is 19.7. The molecule has 0 radical (unpaired) electrons. The summed E-state index contributed by atoms with van der Waals surface area (Å²) >= 11 is 2.17.